The molecule has 0 radical (unpaired) electrons. The molecule has 0 spiro atoms. The summed E-state index contributed by atoms with van der Waals surface area (Å²) in [5.74, 6) is 0.995. The van der Waals surface area contributed by atoms with Gasteiger partial charge in [-0.25, -0.2) is 17.5 Å². The number of halogens is 1. The van der Waals surface area contributed by atoms with Crippen LogP contribution >= 0.6 is 11.8 Å². The summed E-state index contributed by atoms with van der Waals surface area (Å²) in [6.45, 7) is 3.27. The molecule has 1 atom stereocenters. The first-order valence-corrected chi connectivity index (χ1v) is 9.26. The molecule has 1 fully saturated rings. The smallest absolute Gasteiger partial charge is 0.243 e. The van der Waals surface area contributed by atoms with Gasteiger partial charge in [0.05, 0.1) is 0 Å². The first kappa shape index (κ1) is 15.8. The van der Waals surface area contributed by atoms with Crippen LogP contribution in [0.4, 0.5) is 4.39 Å². The summed E-state index contributed by atoms with van der Waals surface area (Å²) >= 11 is 1.70. The van der Waals surface area contributed by atoms with Gasteiger partial charge < -0.3 is 5.32 Å². The van der Waals surface area contributed by atoms with Gasteiger partial charge in [0.15, 0.2) is 0 Å². The van der Waals surface area contributed by atoms with E-state index in [2.05, 4.69) is 10.0 Å². The molecule has 1 aliphatic heterocycles. The Bertz CT molecular complexity index is 557. The van der Waals surface area contributed by atoms with E-state index in [-0.39, 0.29) is 10.9 Å². The highest BCUT2D eigenvalue weighted by Gasteiger charge is 2.25. The van der Waals surface area contributed by atoms with Gasteiger partial charge in [0.1, 0.15) is 10.7 Å². The predicted molar refractivity (Wildman–Crippen MR) is 79.8 cm³/mol. The van der Waals surface area contributed by atoms with Gasteiger partial charge in [0, 0.05) is 18.3 Å². The van der Waals surface area contributed by atoms with Crippen LogP contribution in [-0.4, -0.2) is 32.5 Å². The van der Waals surface area contributed by atoms with Crippen molar-refractivity contribution in [2.75, 3.05) is 18.1 Å². The molecule has 2 rings (SSSR count). The van der Waals surface area contributed by atoms with Crippen LogP contribution in [0.3, 0.4) is 0 Å². The Morgan fingerprint density at radius 2 is 2.25 bits per heavy atom. The maximum Gasteiger partial charge on any atom is 0.243 e. The summed E-state index contributed by atoms with van der Waals surface area (Å²) in [4.78, 5) is -0.269. The minimum absolute atomic E-state index is 0.0918. The monoisotopic (exact) mass is 318 g/mol. The second-order valence-electron chi connectivity index (χ2n) is 4.73. The van der Waals surface area contributed by atoms with E-state index in [9.17, 15) is 12.8 Å². The van der Waals surface area contributed by atoms with Crippen LogP contribution in [-0.2, 0) is 16.6 Å². The van der Waals surface area contributed by atoms with Gasteiger partial charge in [0.2, 0.25) is 10.0 Å². The first-order chi connectivity index (χ1) is 9.53. The molecule has 112 valence electrons. The Labute approximate surface area is 123 Å². The summed E-state index contributed by atoms with van der Waals surface area (Å²) in [5.41, 5.74) is 0.736. The molecule has 0 amide bonds. The SMILES string of the molecule is CCNCc1ccc(S(=O)(=O)NC2CCSC2)c(F)c1. The van der Waals surface area contributed by atoms with Gasteiger partial charge in [-0.2, -0.15) is 11.8 Å². The lowest BCUT2D eigenvalue weighted by Gasteiger charge is -2.13. The van der Waals surface area contributed by atoms with Crippen molar-refractivity contribution < 1.29 is 12.8 Å². The van der Waals surface area contributed by atoms with Crippen molar-refractivity contribution in [2.24, 2.45) is 0 Å². The minimum atomic E-state index is -3.77. The summed E-state index contributed by atoms with van der Waals surface area (Å²) in [5, 5.41) is 3.07. The fraction of sp³-hybridized carbons (Fsp3) is 0.538. The standard InChI is InChI=1S/C13H19FN2O2S2/c1-2-15-8-10-3-4-13(12(14)7-10)20(17,18)16-11-5-6-19-9-11/h3-4,7,11,15-16H,2,5-6,8-9H2,1H3. The fourth-order valence-corrected chi connectivity index (χ4v) is 4.64. The largest absolute Gasteiger partial charge is 0.313 e. The van der Waals surface area contributed by atoms with E-state index >= 15 is 0 Å². The van der Waals surface area contributed by atoms with E-state index in [0.29, 0.717) is 6.54 Å². The third-order valence-electron chi connectivity index (χ3n) is 3.12. The van der Waals surface area contributed by atoms with E-state index in [0.717, 1.165) is 30.0 Å². The number of sulfonamides is 1. The maximum absolute atomic E-state index is 14.0. The van der Waals surface area contributed by atoms with Gasteiger partial charge in [0.25, 0.3) is 0 Å². The summed E-state index contributed by atoms with van der Waals surface area (Å²) < 4.78 is 40.9. The molecule has 1 unspecified atom stereocenters. The molecule has 2 N–H and O–H groups in total. The van der Waals surface area contributed by atoms with Crippen molar-refractivity contribution in [3.8, 4) is 0 Å². The molecule has 1 aliphatic rings. The third-order valence-corrected chi connectivity index (χ3v) is 5.83. The molecular weight excluding hydrogens is 299 g/mol. The van der Waals surface area contributed by atoms with E-state index in [1.165, 1.54) is 12.1 Å². The number of benzene rings is 1. The van der Waals surface area contributed by atoms with Crippen molar-refractivity contribution in [1.82, 2.24) is 10.0 Å². The molecule has 1 aromatic rings. The quantitative estimate of drug-likeness (QED) is 0.838. The summed E-state index contributed by atoms with van der Waals surface area (Å²) in [6, 6.07) is 4.17. The first-order valence-electron chi connectivity index (χ1n) is 6.62. The van der Waals surface area contributed by atoms with E-state index in [1.807, 2.05) is 6.92 Å². The van der Waals surface area contributed by atoms with Crippen LogP contribution in [0, 0.1) is 5.82 Å². The molecular formula is C13H19FN2O2S2. The Morgan fingerprint density at radius 1 is 1.45 bits per heavy atom. The van der Waals surface area contributed by atoms with E-state index < -0.39 is 15.8 Å². The Hall–Kier alpha value is -0.630. The lowest BCUT2D eigenvalue weighted by molar-refractivity contribution is 0.543. The number of hydrogen-bond acceptors (Lipinski definition) is 4. The zero-order chi connectivity index (χ0) is 14.6. The second-order valence-corrected chi connectivity index (χ2v) is 7.56. The number of hydrogen-bond donors (Lipinski definition) is 2. The molecule has 4 nitrogen and oxygen atoms in total. The van der Waals surface area contributed by atoms with Crippen LogP contribution in [0.25, 0.3) is 0 Å². The Balaban J connectivity index is 2.14. The normalized spacial score (nSPS) is 19.4. The van der Waals surface area contributed by atoms with Gasteiger partial charge in [-0.1, -0.05) is 13.0 Å². The molecule has 1 heterocycles. The Kier molecular flexibility index (Phi) is 5.42. The van der Waals surface area contributed by atoms with Crippen molar-refractivity contribution in [2.45, 2.75) is 30.8 Å². The zero-order valence-corrected chi connectivity index (χ0v) is 13.0. The molecule has 0 bridgehead atoms. The van der Waals surface area contributed by atoms with Crippen LogP contribution in [0.2, 0.25) is 0 Å². The predicted octanol–water partition coefficient (Wildman–Crippen LogP) is 1.72. The molecule has 1 aromatic carbocycles. The number of nitrogens with one attached hydrogen (secondary N) is 2. The molecule has 1 saturated heterocycles. The molecule has 0 aromatic heterocycles. The van der Waals surface area contributed by atoms with Crippen LogP contribution in [0.1, 0.15) is 18.9 Å². The molecule has 7 heteroatoms. The van der Waals surface area contributed by atoms with Crippen LogP contribution in [0.15, 0.2) is 23.1 Å². The number of thioether (sulfide) groups is 1. The summed E-state index contributed by atoms with van der Waals surface area (Å²) in [6.07, 6.45) is 0.796. The molecule has 20 heavy (non-hydrogen) atoms. The fourth-order valence-electron chi connectivity index (χ4n) is 2.05. The van der Waals surface area contributed by atoms with Gasteiger partial charge >= 0.3 is 0 Å². The lowest BCUT2D eigenvalue weighted by Crippen LogP contribution is -2.35. The van der Waals surface area contributed by atoms with E-state index in [4.69, 9.17) is 0 Å². The van der Waals surface area contributed by atoms with Crippen molar-refractivity contribution in [3.05, 3.63) is 29.6 Å². The van der Waals surface area contributed by atoms with Crippen molar-refractivity contribution in [1.29, 1.82) is 0 Å². The van der Waals surface area contributed by atoms with Crippen LogP contribution < -0.4 is 10.0 Å². The van der Waals surface area contributed by atoms with E-state index in [1.54, 1.807) is 17.8 Å². The highest BCUT2D eigenvalue weighted by molar-refractivity contribution is 7.99. The highest BCUT2D eigenvalue weighted by Crippen LogP contribution is 2.21. The maximum atomic E-state index is 14.0. The van der Waals surface area contributed by atoms with Gasteiger partial charge in [-0.3, -0.25) is 0 Å². The third kappa shape index (κ3) is 3.94. The minimum Gasteiger partial charge on any atom is -0.313 e. The molecule has 0 saturated carbocycles. The second kappa shape index (κ2) is 6.89. The Morgan fingerprint density at radius 3 is 2.85 bits per heavy atom. The topological polar surface area (TPSA) is 58.2 Å². The summed E-state index contributed by atoms with van der Waals surface area (Å²) in [7, 11) is -3.77. The van der Waals surface area contributed by atoms with Gasteiger partial charge in [-0.05, 0) is 36.4 Å². The van der Waals surface area contributed by atoms with Crippen molar-refractivity contribution >= 4 is 21.8 Å². The number of rotatable bonds is 6. The zero-order valence-electron chi connectivity index (χ0n) is 11.4. The highest BCUT2D eigenvalue weighted by atomic mass is 32.2. The average molecular weight is 318 g/mol. The lowest BCUT2D eigenvalue weighted by atomic mass is 10.2. The van der Waals surface area contributed by atoms with Crippen molar-refractivity contribution in [3.63, 3.8) is 0 Å². The molecule has 0 aliphatic carbocycles. The van der Waals surface area contributed by atoms with Gasteiger partial charge in [-0.15, -0.1) is 0 Å². The van der Waals surface area contributed by atoms with Crippen LogP contribution in [0.5, 0.6) is 0 Å². The average Bonchev–Trinajstić information content (AvgIpc) is 2.88.